The van der Waals surface area contributed by atoms with E-state index in [9.17, 15) is 9.59 Å². The van der Waals surface area contributed by atoms with Crippen LogP contribution in [0.5, 0.6) is 0 Å². The molecule has 1 heterocycles. The van der Waals surface area contributed by atoms with Gasteiger partial charge in [0.1, 0.15) is 0 Å². The highest BCUT2D eigenvalue weighted by Gasteiger charge is 2.29. The minimum Gasteiger partial charge on any atom is -0.481 e. The fourth-order valence-corrected chi connectivity index (χ4v) is 2.59. The number of nitrogens with zero attached hydrogens (tertiary/aromatic N) is 1. The molecule has 18 heavy (non-hydrogen) atoms. The first kappa shape index (κ1) is 14.9. The molecule has 0 aromatic carbocycles. The van der Waals surface area contributed by atoms with E-state index in [-0.39, 0.29) is 18.5 Å². The highest BCUT2D eigenvalue weighted by atomic mass is 32.2. The molecule has 2 amide bonds. The summed E-state index contributed by atoms with van der Waals surface area (Å²) in [5.74, 6) is 0.873. The molecule has 0 aromatic heterocycles. The Kier molecular flexibility index (Phi) is 6.64. The van der Waals surface area contributed by atoms with E-state index in [0.29, 0.717) is 13.1 Å². The average Bonchev–Trinajstić information content (AvgIpc) is 2.76. The Bertz CT molecular complexity index is 310. The van der Waals surface area contributed by atoms with Gasteiger partial charge in [-0.25, -0.2) is 4.79 Å². The molecule has 0 aliphatic carbocycles. The number of thioether (sulfide) groups is 1. The third-order valence-electron chi connectivity index (χ3n) is 2.81. The summed E-state index contributed by atoms with van der Waals surface area (Å²) in [7, 11) is 0. The summed E-state index contributed by atoms with van der Waals surface area (Å²) in [6.07, 6.45) is 3.54. The van der Waals surface area contributed by atoms with Gasteiger partial charge in [0.2, 0.25) is 0 Å². The number of carbonyl (C=O) groups excluding carboxylic acids is 1. The second kappa shape index (κ2) is 8.02. The van der Waals surface area contributed by atoms with Crippen molar-refractivity contribution in [2.75, 3.05) is 24.6 Å². The van der Waals surface area contributed by atoms with Crippen LogP contribution in [0.2, 0.25) is 0 Å². The Morgan fingerprint density at radius 3 is 3.00 bits per heavy atom. The molecular weight excluding hydrogens is 252 g/mol. The van der Waals surface area contributed by atoms with Crippen LogP contribution in [0.3, 0.4) is 0 Å². The van der Waals surface area contributed by atoms with Gasteiger partial charge in [-0.15, -0.1) is 6.58 Å². The smallest absolute Gasteiger partial charge is 0.317 e. The van der Waals surface area contributed by atoms with Crippen molar-refractivity contribution in [1.82, 2.24) is 10.2 Å². The Labute approximate surface area is 112 Å². The van der Waals surface area contributed by atoms with Crippen LogP contribution in [-0.2, 0) is 4.79 Å². The van der Waals surface area contributed by atoms with Crippen molar-refractivity contribution in [2.45, 2.75) is 25.3 Å². The number of carboxylic acids is 1. The van der Waals surface area contributed by atoms with Gasteiger partial charge < -0.3 is 15.3 Å². The van der Waals surface area contributed by atoms with Crippen LogP contribution in [0, 0.1) is 0 Å². The molecule has 1 saturated heterocycles. The minimum atomic E-state index is -0.846. The van der Waals surface area contributed by atoms with E-state index >= 15 is 0 Å². The van der Waals surface area contributed by atoms with Crippen LogP contribution in [0.4, 0.5) is 4.79 Å². The van der Waals surface area contributed by atoms with Crippen LogP contribution in [0.1, 0.15) is 19.3 Å². The summed E-state index contributed by atoms with van der Waals surface area (Å²) in [6, 6.07) is -0.290. The van der Waals surface area contributed by atoms with E-state index in [1.807, 2.05) is 6.08 Å². The molecule has 0 bridgehead atoms. The zero-order chi connectivity index (χ0) is 13.4. The maximum atomic E-state index is 11.9. The number of urea groups is 1. The van der Waals surface area contributed by atoms with Crippen molar-refractivity contribution in [1.29, 1.82) is 0 Å². The molecule has 1 aliphatic heterocycles. The Hall–Kier alpha value is -1.17. The number of nitrogens with one attached hydrogen (secondary N) is 1. The molecule has 0 radical (unpaired) electrons. The van der Waals surface area contributed by atoms with Gasteiger partial charge in [-0.3, -0.25) is 4.79 Å². The Balaban J connectivity index is 2.27. The molecule has 1 rings (SSSR count). The fourth-order valence-electron chi connectivity index (χ4n) is 2.02. The molecule has 5 nitrogen and oxygen atoms in total. The summed E-state index contributed by atoms with van der Waals surface area (Å²) in [6.45, 7) is 4.88. The summed E-state index contributed by atoms with van der Waals surface area (Å²) >= 11 is 1.70. The highest BCUT2D eigenvalue weighted by Crippen LogP contribution is 2.19. The zero-order valence-electron chi connectivity index (χ0n) is 10.4. The number of likely N-dealkylation sites (tertiary alicyclic amines) is 1. The lowest BCUT2D eigenvalue weighted by molar-refractivity contribution is -0.137. The van der Waals surface area contributed by atoms with Crippen LogP contribution < -0.4 is 5.32 Å². The maximum absolute atomic E-state index is 11.9. The molecule has 0 spiro atoms. The molecule has 6 heteroatoms. The SMILES string of the molecule is C=CCSCCNC(=O)N1CCCC1CC(=O)O. The molecule has 1 fully saturated rings. The van der Waals surface area contributed by atoms with Crippen molar-refractivity contribution < 1.29 is 14.7 Å². The lowest BCUT2D eigenvalue weighted by atomic mass is 10.1. The number of carbonyl (C=O) groups is 2. The molecule has 0 aromatic rings. The van der Waals surface area contributed by atoms with Crippen molar-refractivity contribution in [3.05, 3.63) is 12.7 Å². The van der Waals surface area contributed by atoms with Gasteiger partial charge >= 0.3 is 12.0 Å². The van der Waals surface area contributed by atoms with Gasteiger partial charge in [-0.05, 0) is 12.8 Å². The normalized spacial score (nSPS) is 18.7. The number of hydrogen-bond acceptors (Lipinski definition) is 3. The molecule has 1 aliphatic rings. The summed E-state index contributed by atoms with van der Waals surface area (Å²) in [5.41, 5.74) is 0. The van der Waals surface area contributed by atoms with Crippen LogP contribution in [0.15, 0.2) is 12.7 Å². The first-order chi connectivity index (χ1) is 8.65. The lowest BCUT2D eigenvalue weighted by Crippen LogP contribution is -2.44. The summed E-state index contributed by atoms with van der Waals surface area (Å²) in [4.78, 5) is 24.2. The summed E-state index contributed by atoms with van der Waals surface area (Å²) in [5, 5.41) is 11.6. The molecule has 102 valence electrons. The number of hydrogen-bond donors (Lipinski definition) is 2. The molecule has 2 N–H and O–H groups in total. The molecule has 0 saturated carbocycles. The van der Waals surface area contributed by atoms with Crippen LogP contribution >= 0.6 is 11.8 Å². The number of rotatable bonds is 7. The summed E-state index contributed by atoms with van der Waals surface area (Å²) < 4.78 is 0. The molecule has 1 unspecified atom stereocenters. The number of aliphatic carboxylic acids is 1. The quantitative estimate of drug-likeness (QED) is 0.545. The number of amides is 2. The minimum absolute atomic E-state index is 0.0403. The van der Waals surface area contributed by atoms with Gasteiger partial charge in [-0.2, -0.15) is 11.8 Å². The average molecular weight is 272 g/mol. The van der Waals surface area contributed by atoms with E-state index in [2.05, 4.69) is 11.9 Å². The topological polar surface area (TPSA) is 69.6 Å². The zero-order valence-corrected chi connectivity index (χ0v) is 11.2. The van der Waals surface area contributed by atoms with E-state index < -0.39 is 5.97 Å². The van der Waals surface area contributed by atoms with Gasteiger partial charge in [0.25, 0.3) is 0 Å². The Morgan fingerprint density at radius 1 is 1.56 bits per heavy atom. The predicted molar refractivity (Wildman–Crippen MR) is 72.9 cm³/mol. The van der Waals surface area contributed by atoms with E-state index in [4.69, 9.17) is 5.11 Å². The van der Waals surface area contributed by atoms with Gasteiger partial charge in [-0.1, -0.05) is 6.08 Å². The van der Waals surface area contributed by atoms with Crippen molar-refractivity contribution >= 4 is 23.8 Å². The first-order valence-electron chi connectivity index (χ1n) is 6.10. The van der Waals surface area contributed by atoms with E-state index in [1.54, 1.807) is 16.7 Å². The highest BCUT2D eigenvalue weighted by molar-refractivity contribution is 7.99. The largest absolute Gasteiger partial charge is 0.481 e. The second-order valence-corrected chi connectivity index (χ2v) is 5.33. The first-order valence-corrected chi connectivity index (χ1v) is 7.25. The van der Waals surface area contributed by atoms with Gasteiger partial charge in [0, 0.05) is 30.6 Å². The van der Waals surface area contributed by atoms with E-state index in [1.165, 1.54) is 0 Å². The monoisotopic (exact) mass is 272 g/mol. The standard InChI is InChI=1S/C12H20N2O3S/c1-2-7-18-8-5-13-12(17)14-6-3-4-10(14)9-11(15)16/h2,10H,1,3-9H2,(H,13,17)(H,15,16). The lowest BCUT2D eigenvalue weighted by Gasteiger charge is -2.23. The van der Waals surface area contributed by atoms with Gasteiger partial charge in [0.05, 0.1) is 6.42 Å². The van der Waals surface area contributed by atoms with Crippen molar-refractivity contribution in [2.24, 2.45) is 0 Å². The number of carboxylic acid groups (broad SMARTS) is 1. The van der Waals surface area contributed by atoms with Crippen molar-refractivity contribution in [3.63, 3.8) is 0 Å². The molecular formula is C12H20N2O3S. The van der Waals surface area contributed by atoms with Gasteiger partial charge in [0.15, 0.2) is 0 Å². The van der Waals surface area contributed by atoms with Crippen LogP contribution in [0.25, 0.3) is 0 Å². The van der Waals surface area contributed by atoms with Crippen LogP contribution in [-0.4, -0.2) is 52.6 Å². The second-order valence-electron chi connectivity index (χ2n) is 4.18. The van der Waals surface area contributed by atoms with E-state index in [0.717, 1.165) is 24.3 Å². The Morgan fingerprint density at radius 2 is 2.33 bits per heavy atom. The predicted octanol–water partition coefficient (Wildman–Crippen LogP) is 1.55. The molecule has 1 atom stereocenters. The fraction of sp³-hybridized carbons (Fsp3) is 0.667. The third-order valence-corrected chi connectivity index (χ3v) is 3.77. The third kappa shape index (κ3) is 5.00. The maximum Gasteiger partial charge on any atom is 0.317 e. The van der Waals surface area contributed by atoms with Crippen molar-refractivity contribution in [3.8, 4) is 0 Å².